The van der Waals surface area contributed by atoms with Crippen molar-refractivity contribution in [1.29, 1.82) is 0 Å². The molecule has 0 aliphatic carbocycles. The van der Waals surface area contributed by atoms with Gasteiger partial charge in [0.2, 0.25) is 5.91 Å². The minimum atomic E-state index is -1.11. The number of anilines is 1. The lowest BCUT2D eigenvalue weighted by Gasteiger charge is -2.15. The first-order valence-corrected chi connectivity index (χ1v) is 6.54. The molecule has 1 heterocycles. The summed E-state index contributed by atoms with van der Waals surface area (Å²) in [5.41, 5.74) is 2.76. The van der Waals surface area contributed by atoms with Gasteiger partial charge in [-0.25, -0.2) is 9.48 Å². The number of amides is 1. The van der Waals surface area contributed by atoms with Crippen molar-refractivity contribution in [3.63, 3.8) is 0 Å². The Labute approximate surface area is 122 Å². The van der Waals surface area contributed by atoms with Crippen molar-refractivity contribution in [2.45, 2.75) is 26.8 Å². The van der Waals surface area contributed by atoms with Gasteiger partial charge in [0.15, 0.2) is 0 Å². The van der Waals surface area contributed by atoms with Crippen molar-refractivity contribution >= 4 is 17.6 Å². The van der Waals surface area contributed by atoms with E-state index in [0.29, 0.717) is 5.69 Å². The number of aromatic nitrogens is 2. The molecule has 1 unspecified atom stereocenters. The third-order valence-corrected chi connectivity index (χ3v) is 3.12. The first-order valence-electron chi connectivity index (χ1n) is 6.54. The number of aromatic carboxylic acids is 1. The van der Waals surface area contributed by atoms with Gasteiger partial charge in [-0.15, -0.1) is 0 Å². The zero-order chi connectivity index (χ0) is 15.6. The van der Waals surface area contributed by atoms with Gasteiger partial charge in [-0.05, 0) is 50.1 Å². The molecule has 2 rings (SSSR count). The molecule has 6 nitrogen and oxygen atoms in total. The predicted molar refractivity (Wildman–Crippen MR) is 78.4 cm³/mol. The molecule has 0 saturated carbocycles. The van der Waals surface area contributed by atoms with E-state index in [9.17, 15) is 9.59 Å². The van der Waals surface area contributed by atoms with Gasteiger partial charge in [-0.3, -0.25) is 4.79 Å². The largest absolute Gasteiger partial charge is 0.477 e. The molecule has 0 bridgehead atoms. The fraction of sp³-hybridized carbons (Fsp3) is 0.267. The second kappa shape index (κ2) is 5.78. The van der Waals surface area contributed by atoms with Crippen molar-refractivity contribution < 1.29 is 14.7 Å². The number of hydrogen-bond donors (Lipinski definition) is 2. The van der Waals surface area contributed by atoms with E-state index in [1.807, 2.05) is 32.0 Å². The molecular weight excluding hydrogens is 270 g/mol. The third-order valence-electron chi connectivity index (χ3n) is 3.12. The molecule has 0 spiro atoms. The Morgan fingerprint density at radius 3 is 2.43 bits per heavy atom. The summed E-state index contributed by atoms with van der Waals surface area (Å²) < 4.78 is 1.19. The number of nitrogens with one attached hydrogen (secondary N) is 1. The highest BCUT2D eigenvalue weighted by Crippen LogP contribution is 2.17. The van der Waals surface area contributed by atoms with Crippen molar-refractivity contribution in [3.8, 4) is 0 Å². The minimum Gasteiger partial charge on any atom is -0.477 e. The van der Waals surface area contributed by atoms with Gasteiger partial charge in [0.1, 0.15) is 11.7 Å². The first-order chi connectivity index (χ1) is 9.88. The SMILES string of the molecule is Cc1cc(C)cc(NC(=O)C(C)n2nccc2C(=O)O)c1. The first kappa shape index (κ1) is 14.8. The molecule has 2 aromatic rings. The molecule has 1 amide bonds. The van der Waals surface area contributed by atoms with Gasteiger partial charge in [0, 0.05) is 11.9 Å². The number of benzene rings is 1. The van der Waals surface area contributed by atoms with E-state index < -0.39 is 12.0 Å². The molecule has 2 N–H and O–H groups in total. The van der Waals surface area contributed by atoms with E-state index in [4.69, 9.17) is 5.11 Å². The van der Waals surface area contributed by atoms with E-state index in [1.165, 1.54) is 16.9 Å². The highest BCUT2D eigenvalue weighted by molar-refractivity contribution is 5.94. The number of aryl methyl sites for hydroxylation is 2. The fourth-order valence-corrected chi connectivity index (χ4v) is 2.20. The van der Waals surface area contributed by atoms with Crippen LogP contribution in [-0.4, -0.2) is 26.8 Å². The van der Waals surface area contributed by atoms with Crippen molar-refractivity contribution in [3.05, 3.63) is 47.3 Å². The molecule has 1 atom stereocenters. The van der Waals surface area contributed by atoms with Crippen LogP contribution >= 0.6 is 0 Å². The van der Waals surface area contributed by atoms with Crippen LogP contribution in [0.25, 0.3) is 0 Å². The van der Waals surface area contributed by atoms with Crippen molar-refractivity contribution in [2.75, 3.05) is 5.32 Å². The summed E-state index contributed by atoms with van der Waals surface area (Å²) >= 11 is 0. The van der Waals surface area contributed by atoms with Crippen LogP contribution in [0.4, 0.5) is 5.69 Å². The molecule has 1 aromatic heterocycles. The van der Waals surface area contributed by atoms with Crippen LogP contribution in [0.2, 0.25) is 0 Å². The van der Waals surface area contributed by atoms with Crippen LogP contribution < -0.4 is 5.32 Å². The topological polar surface area (TPSA) is 84.2 Å². The summed E-state index contributed by atoms with van der Waals surface area (Å²) in [6.07, 6.45) is 1.37. The average molecular weight is 287 g/mol. The van der Waals surface area contributed by atoms with Crippen LogP contribution in [0.15, 0.2) is 30.5 Å². The predicted octanol–water partition coefficient (Wildman–Crippen LogP) is 2.40. The molecule has 0 radical (unpaired) electrons. The monoisotopic (exact) mass is 287 g/mol. The summed E-state index contributed by atoms with van der Waals surface area (Å²) in [6.45, 7) is 5.50. The van der Waals surface area contributed by atoms with Crippen LogP contribution in [0.5, 0.6) is 0 Å². The second-order valence-corrected chi connectivity index (χ2v) is 5.01. The molecule has 0 fully saturated rings. The van der Waals surface area contributed by atoms with Gasteiger partial charge in [0.05, 0.1) is 0 Å². The maximum absolute atomic E-state index is 12.2. The average Bonchev–Trinajstić information content (AvgIpc) is 2.85. The number of carboxylic acid groups (broad SMARTS) is 1. The Morgan fingerprint density at radius 1 is 1.24 bits per heavy atom. The quantitative estimate of drug-likeness (QED) is 0.904. The summed E-state index contributed by atoms with van der Waals surface area (Å²) in [6, 6.07) is 6.38. The lowest BCUT2D eigenvalue weighted by atomic mass is 10.1. The van der Waals surface area contributed by atoms with E-state index >= 15 is 0 Å². The fourth-order valence-electron chi connectivity index (χ4n) is 2.20. The molecule has 1 aromatic carbocycles. The summed E-state index contributed by atoms with van der Waals surface area (Å²) in [5.74, 6) is -1.43. The molecule has 0 aliphatic heterocycles. The normalized spacial score (nSPS) is 12.0. The van der Waals surface area contributed by atoms with E-state index in [2.05, 4.69) is 10.4 Å². The molecule has 6 heteroatoms. The Morgan fingerprint density at radius 2 is 1.86 bits per heavy atom. The number of hydrogen-bond acceptors (Lipinski definition) is 3. The van der Waals surface area contributed by atoms with Crippen molar-refractivity contribution in [1.82, 2.24) is 9.78 Å². The Balaban J connectivity index is 2.19. The molecule has 110 valence electrons. The lowest BCUT2D eigenvalue weighted by molar-refractivity contribution is -0.119. The zero-order valence-electron chi connectivity index (χ0n) is 12.1. The third kappa shape index (κ3) is 3.28. The summed E-state index contributed by atoms with van der Waals surface area (Å²) in [7, 11) is 0. The Kier molecular flexibility index (Phi) is 4.07. The van der Waals surface area contributed by atoms with Gasteiger partial charge in [-0.2, -0.15) is 5.10 Å². The number of nitrogens with zero attached hydrogens (tertiary/aromatic N) is 2. The van der Waals surface area contributed by atoms with Gasteiger partial charge < -0.3 is 10.4 Å². The Bertz CT molecular complexity index is 671. The van der Waals surface area contributed by atoms with Gasteiger partial charge in [-0.1, -0.05) is 6.07 Å². The highest BCUT2D eigenvalue weighted by atomic mass is 16.4. The standard InChI is InChI=1S/C15H17N3O3/c1-9-6-10(2)8-12(7-9)17-14(19)11(3)18-13(15(20)21)4-5-16-18/h4-8,11H,1-3H3,(H,17,19)(H,20,21). The van der Waals surface area contributed by atoms with Gasteiger partial charge >= 0.3 is 5.97 Å². The molecule has 0 aliphatic rings. The van der Waals surface area contributed by atoms with Crippen LogP contribution in [-0.2, 0) is 4.79 Å². The zero-order valence-corrected chi connectivity index (χ0v) is 12.1. The number of carboxylic acids is 1. The van der Waals surface area contributed by atoms with E-state index in [-0.39, 0.29) is 11.6 Å². The van der Waals surface area contributed by atoms with E-state index in [0.717, 1.165) is 11.1 Å². The van der Waals surface area contributed by atoms with Crippen molar-refractivity contribution in [2.24, 2.45) is 0 Å². The van der Waals surface area contributed by atoms with Crippen LogP contribution in [0.3, 0.4) is 0 Å². The smallest absolute Gasteiger partial charge is 0.354 e. The number of carbonyl (C=O) groups excluding carboxylic acids is 1. The highest BCUT2D eigenvalue weighted by Gasteiger charge is 2.21. The van der Waals surface area contributed by atoms with Gasteiger partial charge in [0.25, 0.3) is 0 Å². The second-order valence-electron chi connectivity index (χ2n) is 5.01. The molecule has 0 saturated heterocycles. The van der Waals surface area contributed by atoms with E-state index in [1.54, 1.807) is 6.92 Å². The van der Waals surface area contributed by atoms with Crippen LogP contribution in [0, 0.1) is 13.8 Å². The maximum Gasteiger partial charge on any atom is 0.354 e. The number of rotatable bonds is 4. The minimum absolute atomic E-state index is 0.0157. The lowest BCUT2D eigenvalue weighted by Crippen LogP contribution is -2.26. The Hall–Kier alpha value is -2.63. The summed E-state index contributed by atoms with van der Waals surface area (Å²) in [4.78, 5) is 23.3. The molecule has 21 heavy (non-hydrogen) atoms. The molecular formula is C15H17N3O3. The maximum atomic E-state index is 12.2. The summed E-state index contributed by atoms with van der Waals surface area (Å²) in [5, 5.41) is 15.8. The van der Waals surface area contributed by atoms with Crippen LogP contribution in [0.1, 0.15) is 34.6 Å². The number of carbonyl (C=O) groups is 2.